The van der Waals surface area contributed by atoms with Crippen molar-refractivity contribution in [1.82, 2.24) is 5.32 Å². The zero-order valence-electron chi connectivity index (χ0n) is 42.5. The van der Waals surface area contributed by atoms with Crippen molar-refractivity contribution in [3.05, 3.63) is 60.8 Å². The molecule has 64 heavy (non-hydrogen) atoms. The second kappa shape index (κ2) is 46.3. The summed E-state index contributed by atoms with van der Waals surface area (Å²) in [6.07, 6.45) is 62.0. The predicted molar refractivity (Wildman–Crippen MR) is 277 cm³/mol. The molecule has 3 atom stereocenters. The van der Waals surface area contributed by atoms with Gasteiger partial charge in [0.25, 0.3) is 0 Å². The van der Waals surface area contributed by atoms with Gasteiger partial charge in [0.05, 0.1) is 39.9 Å². The number of amides is 1. The van der Waals surface area contributed by atoms with E-state index in [2.05, 4.69) is 67.8 Å². The molecule has 374 valence electrons. The van der Waals surface area contributed by atoms with Crippen LogP contribution in [0, 0.1) is 0 Å². The van der Waals surface area contributed by atoms with Crippen molar-refractivity contribution < 1.29 is 32.9 Å². The van der Waals surface area contributed by atoms with Gasteiger partial charge in [-0.3, -0.25) is 13.8 Å². The summed E-state index contributed by atoms with van der Waals surface area (Å²) in [5.74, 6) is -0.217. The van der Waals surface area contributed by atoms with Crippen molar-refractivity contribution in [3.63, 3.8) is 0 Å². The highest BCUT2D eigenvalue weighted by molar-refractivity contribution is 7.47. The number of aliphatic hydroxyl groups excluding tert-OH is 1. The number of nitrogens with one attached hydrogen (secondary N) is 1. The minimum Gasteiger partial charge on any atom is -0.387 e. The van der Waals surface area contributed by atoms with Crippen molar-refractivity contribution in [3.8, 4) is 0 Å². The summed E-state index contributed by atoms with van der Waals surface area (Å²) in [5, 5.41) is 13.8. The van der Waals surface area contributed by atoms with E-state index in [0.717, 1.165) is 64.2 Å². The minimum absolute atomic E-state index is 0.0481. The highest BCUT2D eigenvalue weighted by Gasteiger charge is 2.27. The van der Waals surface area contributed by atoms with Gasteiger partial charge in [-0.2, -0.15) is 0 Å². The van der Waals surface area contributed by atoms with Crippen molar-refractivity contribution in [2.75, 3.05) is 40.9 Å². The number of rotatable bonds is 48. The number of unbranched alkanes of at least 4 members (excludes halogenated alkanes) is 27. The lowest BCUT2D eigenvalue weighted by atomic mass is 10.0. The molecule has 0 spiro atoms. The molecule has 0 aliphatic rings. The molecule has 0 fully saturated rings. The average Bonchev–Trinajstić information content (AvgIpc) is 3.25. The molecule has 9 heteroatoms. The fraction of sp³-hybridized carbons (Fsp3) is 0.800. The van der Waals surface area contributed by atoms with Crippen LogP contribution in [0.4, 0.5) is 0 Å². The molecule has 0 aromatic heterocycles. The van der Waals surface area contributed by atoms with Crippen LogP contribution in [0.15, 0.2) is 60.8 Å². The Kier molecular flexibility index (Phi) is 45.0. The molecule has 0 bridgehead atoms. The summed E-state index contributed by atoms with van der Waals surface area (Å²) in [6.45, 7) is 4.66. The van der Waals surface area contributed by atoms with Gasteiger partial charge in [-0.15, -0.1) is 0 Å². The molecule has 0 aliphatic heterocycles. The molecule has 0 heterocycles. The first-order valence-corrected chi connectivity index (χ1v) is 28.2. The van der Waals surface area contributed by atoms with E-state index in [1.54, 1.807) is 6.08 Å². The molecule has 0 radical (unpaired) electrons. The maximum absolute atomic E-state index is 12.9. The smallest absolute Gasteiger partial charge is 0.387 e. The lowest BCUT2D eigenvalue weighted by Gasteiger charge is -2.25. The fourth-order valence-electron chi connectivity index (χ4n) is 7.54. The highest BCUT2D eigenvalue weighted by atomic mass is 31.2. The van der Waals surface area contributed by atoms with Gasteiger partial charge >= 0.3 is 7.82 Å². The van der Waals surface area contributed by atoms with Crippen molar-refractivity contribution in [2.45, 2.75) is 244 Å². The number of phosphoric acid groups is 1. The number of allylic oxidation sites excluding steroid dienone is 9. The third-order valence-corrected chi connectivity index (χ3v) is 12.7. The Morgan fingerprint density at radius 3 is 1.44 bits per heavy atom. The summed E-state index contributed by atoms with van der Waals surface area (Å²) >= 11 is 0. The Morgan fingerprint density at radius 1 is 0.547 bits per heavy atom. The van der Waals surface area contributed by atoms with E-state index < -0.39 is 20.0 Å². The first-order chi connectivity index (χ1) is 31.0. The van der Waals surface area contributed by atoms with Gasteiger partial charge in [-0.05, 0) is 64.2 Å². The number of aliphatic hydroxyl groups is 1. The van der Waals surface area contributed by atoms with E-state index in [0.29, 0.717) is 17.4 Å². The van der Waals surface area contributed by atoms with Crippen LogP contribution >= 0.6 is 7.82 Å². The molecular formula is C55H104N2O6P+. The van der Waals surface area contributed by atoms with Gasteiger partial charge in [0.15, 0.2) is 0 Å². The van der Waals surface area contributed by atoms with Crippen LogP contribution in [0.2, 0.25) is 0 Å². The maximum atomic E-state index is 12.9. The Labute approximate surface area is 396 Å². The monoisotopic (exact) mass is 920 g/mol. The Balaban J connectivity index is 4.21. The molecular weight excluding hydrogens is 816 g/mol. The number of quaternary nitrogens is 1. The molecule has 0 aromatic carbocycles. The van der Waals surface area contributed by atoms with Crippen LogP contribution in [0.1, 0.15) is 232 Å². The molecule has 8 nitrogen and oxygen atoms in total. The lowest BCUT2D eigenvalue weighted by Crippen LogP contribution is -2.45. The van der Waals surface area contributed by atoms with Crippen LogP contribution in [0.25, 0.3) is 0 Å². The molecule has 0 aliphatic carbocycles. The van der Waals surface area contributed by atoms with E-state index >= 15 is 0 Å². The quantitative estimate of drug-likeness (QED) is 0.0243. The maximum Gasteiger partial charge on any atom is 0.472 e. The molecule has 3 unspecified atom stereocenters. The van der Waals surface area contributed by atoms with E-state index in [1.807, 2.05) is 27.2 Å². The summed E-state index contributed by atoms with van der Waals surface area (Å²) in [4.78, 5) is 23.1. The van der Waals surface area contributed by atoms with E-state index in [4.69, 9.17) is 9.05 Å². The first kappa shape index (κ1) is 62.2. The Morgan fingerprint density at radius 2 is 0.953 bits per heavy atom. The second-order valence-electron chi connectivity index (χ2n) is 19.2. The summed E-state index contributed by atoms with van der Waals surface area (Å²) in [7, 11) is 1.53. The SMILES string of the molecule is CC/C=C\C/C=C\C/C=C\CCCCCC(=O)NC(COP(=O)(O)OCC[N+](C)(C)C)C(O)/C=C/CC/C=C/CCCCCCCCCCCCCCCCCCCCCCCCC. The van der Waals surface area contributed by atoms with E-state index in [9.17, 15) is 19.4 Å². The van der Waals surface area contributed by atoms with Crippen molar-refractivity contribution >= 4 is 13.7 Å². The number of phosphoric ester groups is 1. The fourth-order valence-corrected chi connectivity index (χ4v) is 8.28. The van der Waals surface area contributed by atoms with Crippen LogP contribution in [-0.2, 0) is 18.4 Å². The largest absolute Gasteiger partial charge is 0.472 e. The Hall–Kier alpha value is -1.80. The van der Waals surface area contributed by atoms with Crippen LogP contribution in [0.5, 0.6) is 0 Å². The van der Waals surface area contributed by atoms with Gasteiger partial charge in [0, 0.05) is 6.42 Å². The number of hydrogen-bond acceptors (Lipinski definition) is 5. The first-order valence-electron chi connectivity index (χ1n) is 26.7. The van der Waals surface area contributed by atoms with Gasteiger partial charge in [0.2, 0.25) is 5.91 Å². The van der Waals surface area contributed by atoms with Crippen molar-refractivity contribution in [2.24, 2.45) is 0 Å². The minimum atomic E-state index is -4.36. The highest BCUT2D eigenvalue weighted by Crippen LogP contribution is 2.43. The molecule has 1 amide bonds. The molecule has 0 rings (SSSR count). The standard InChI is InChI=1S/C55H103N2O6P/c1-6-8-10-12-14-16-18-20-21-22-23-24-25-26-27-28-29-30-31-32-33-34-35-37-38-40-42-44-46-48-54(58)53(52-63-64(60,61)62-51-50-57(3,4)5)56-55(59)49-47-45-43-41-39-36-19-17-15-13-11-9-7-2/h9,11,15,17,36,38-40,46,48,53-54,58H,6-8,10,12-14,16,18-35,37,41-45,47,49-52H2,1-5H3,(H-,56,59,60,61)/p+1/b11-9-,17-15-,39-36-,40-38+,48-46+. The number of nitrogens with zero attached hydrogens (tertiary/aromatic N) is 1. The molecule has 0 aromatic rings. The van der Waals surface area contributed by atoms with Crippen molar-refractivity contribution in [1.29, 1.82) is 0 Å². The zero-order chi connectivity index (χ0) is 47.1. The van der Waals surface area contributed by atoms with Crippen LogP contribution in [-0.4, -0.2) is 73.4 Å². The van der Waals surface area contributed by atoms with Gasteiger partial charge < -0.3 is 19.8 Å². The van der Waals surface area contributed by atoms with E-state index in [-0.39, 0.29) is 19.1 Å². The number of hydrogen-bond donors (Lipinski definition) is 3. The van der Waals surface area contributed by atoms with Crippen LogP contribution in [0.3, 0.4) is 0 Å². The summed E-state index contributed by atoms with van der Waals surface area (Å²) < 4.78 is 23.6. The number of carbonyl (C=O) groups is 1. The lowest BCUT2D eigenvalue weighted by molar-refractivity contribution is -0.870. The molecule has 0 saturated heterocycles. The average molecular weight is 920 g/mol. The number of carbonyl (C=O) groups excluding carboxylic acids is 1. The van der Waals surface area contributed by atoms with E-state index in [1.165, 1.54) is 148 Å². The zero-order valence-corrected chi connectivity index (χ0v) is 43.4. The molecule has 3 N–H and O–H groups in total. The summed E-state index contributed by atoms with van der Waals surface area (Å²) in [6, 6.07) is -0.881. The van der Waals surface area contributed by atoms with Gasteiger partial charge in [-0.1, -0.05) is 222 Å². The second-order valence-corrected chi connectivity index (χ2v) is 20.7. The molecule has 0 saturated carbocycles. The predicted octanol–water partition coefficient (Wildman–Crippen LogP) is 15.8. The Bertz CT molecular complexity index is 1230. The summed E-state index contributed by atoms with van der Waals surface area (Å²) in [5.41, 5.74) is 0. The van der Waals surface area contributed by atoms with Gasteiger partial charge in [-0.25, -0.2) is 4.57 Å². The van der Waals surface area contributed by atoms with Gasteiger partial charge in [0.1, 0.15) is 13.2 Å². The third-order valence-electron chi connectivity index (χ3n) is 11.7. The number of likely N-dealkylation sites (N-methyl/N-ethyl adjacent to an activating group) is 1. The normalized spacial score (nSPS) is 14.5. The third kappa shape index (κ3) is 48.1. The topological polar surface area (TPSA) is 105 Å². The van der Waals surface area contributed by atoms with Crippen LogP contribution < -0.4 is 5.32 Å².